The Hall–Kier alpha value is -1.61. The van der Waals surface area contributed by atoms with Gasteiger partial charge in [-0.05, 0) is 55.0 Å². The van der Waals surface area contributed by atoms with E-state index in [0.717, 1.165) is 17.0 Å². The fraction of sp³-hybridized carbons (Fsp3) is 0.312. The minimum Gasteiger partial charge on any atom is -0.494 e. The number of aryl methyl sites for hydroxylation is 2. The third kappa shape index (κ3) is 3.93. The minimum atomic E-state index is 0.207. The number of hydrogen-bond donors (Lipinski definition) is 0. The Morgan fingerprint density at radius 1 is 1.21 bits per heavy atom. The van der Waals surface area contributed by atoms with Gasteiger partial charge in [-0.2, -0.15) is 0 Å². The highest BCUT2D eigenvalue weighted by atomic mass is 32.1. The van der Waals surface area contributed by atoms with E-state index in [1.54, 1.807) is 0 Å². The maximum atomic E-state index is 11.8. The molecule has 0 radical (unpaired) electrons. The van der Waals surface area contributed by atoms with Gasteiger partial charge >= 0.3 is 0 Å². The van der Waals surface area contributed by atoms with Crippen LogP contribution in [0.15, 0.2) is 35.7 Å². The van der Waals surface area contributed by atoms with Gasteiger partial charge in [0.25, 0.3) is 0 Å². The molecule has 0 atom stereocenters. The number of ketones is 1. The van der Waals surface area contributed by atoms with E-state index in [9.17, 15) is 4.79 Å². The molecule has 0 N–H and O–H groups in total. The zero-order valence-corrected chi connectivity index (χ0v) is 12.1. The maximum absolute atomic E-state index is 11.8. The second kappa shape index (κ2) is 6.53. The molecule has 3 heteroatoms. The Labute approximate surface area is 118 Å². The van der Waals surface area contributed by atoms with Crippen LogP contribution in [0, 0.1) is 13.8 Å². The first-order valence-electron chi connectivity index (χ1n) is 6.43. The summed E-state index contributed by atoms with van der Waals surface area (Å²) in [5.41, 5.74) is 2.49. The molecular weight excluding hydrogens is 256 g/mol. The van der Waals surface area contributed by atoms with Crippen LogP contribution in [0.25, 0.3) is 0 Å². The average molecular weight is 274 g/mol. The first-order chi connectivity index (χ1) is 9.16. The largest absolute Gasteiger partial charge is 0.494 e. The van der Waals surface area contributed by atoms with Crippen LogP contribution in [-0.4, -0.2) is 12.4 Å². The lowest BCUT2D eigenvalue weighted by Crippen LogP contribution is -2.02. The van der Waals surface area contributed by atoms with Crippen molar-refractivity contribution in [1.82, 2.24) is 0 Å². The summed E-state index contributed by atoms with van der Waals surface area (Å²) < 4.78 is 5.66. The van der Waals surface area contributed by atoms with Crippen LogP contribution in [0.5, 0.6) is 5.75 Å². The number of thiophene rings is 1. The molecule has 0 aliphatic heterocycles. The van der Waals surface area contributed by atoms with Gasteiger partial charge in [0.05, 0.1) is 11.5 Å². The molecule has 0 aliphatic rings. The number of carbonyl (C=O) groups excluding carboxylic acids is 1. The Morgan fingerprint density at radius 3 is 2.74 bits per heavy atom. The molecular formula is C16H18O2S. The zero-order chi connectivity index (χ0) is 13.7. The predicted octanol–water partition coefficient (Wildman–Crippen LogP) is 4.41. The van der Waals surface area contributed by atoms with Crippen molar-refractivity contribution in [2.45, 2.75) is 26.7 Å². The molecule has 2 rings (SSSR count). The zero-order valence-electron chi connectivity index (χ0n) is 11.3. The highest BCUT2D eigenvalue weighted by Gasteiger charge is 2.06. The van der Waals surface area contributed by atoms with Crippen molar-refractivity contribution in [3.8, 4) is 5.75 Å². The topological polar surface area (TPSA) is 26.3 Å². The van der Waals surface area contributed by atoms with E-state index in [1.165, 1.54) is 22.5 Å². The van der Waals surface area contributed by atoms with Crippen molar-refractivity contribution in [3.05, 3.63) is 51.7 Å². The summed E-state index contributed by atoms with van der Waals surface area (Å²) in [6.07, 6.45) is 1.30. The quantitative estimate of drug-likeness (QED) is 0.576. The highest BCUT2D eigenvalue weighted by molar-refractivity contribution is 7.12. The lowest BCUT2D eigenvalue weighted by atomic mass is 10.1. The smallest absolute Gasteiger partial charge is 0.172 e. The third-order valence-corrected chi connectivity index (χ3v) is 4.00. The van der Waals surface area contributed by atoms with E-state index < -0.39 is 0 Å². The Kier molecular flexibility index (Phi) is 4.74. The van der Waals surface area contributed by atoms with Gasteiger partial charge in [-0.3, -0.25) is 4.79 Å². The van der Waals surface area contributed by atoms with Gasteiger partial charge in [-0.25, -0.2) is 0 Å². The summed E-state index contributed by atoms with van der Waals surface area (Å²) in [5.74, 6) is 1.09. The maximum Gasteiger partial charge on any atom is 0.172 e. The van der Waals surface area contributed by atoms with Crippen LogP contribution in [0.2, 0.25) is 0 Å². The minimum absolute atomic E-state index is 0.207. The molecule has 19 heavy (non-hydrogen) atoms. The van der Waals surface area contributed by atoms with Crippen molar-refractivity contribution in [1.29, 1.82) is 0 Å². The second-order valence-electron chi connectivity index (χ2n) is 4.60. The molecule has 1 aromatic carbocycles. The molecule has 0 saturated heterocycles. The summed E-state index contributed by atoms with van der Waals surface area (Å²) in [6.45, 7) is 4.74. The van der Waals surface area contributed by atoms with Crippen molar-refractivity contribution >= 4 is 17.1 Å². The van der Waals surface area contributed by atoms with Crippen molar-refractivity contribution in [2.24, 2.45) is 0 Å². The number of rotatable bonds is 6. The van der Waals surface area contributed by atoms with Gasteiger partial charge in [-0.15, -0.1) is 11.3 Å². The number of carbonyl (C=O) groups is 1. The molecule has 2 nitrogen and oxygen atoms in total. The molecule has 0 unspecified atom stereocenters. The molecule has 0 amide bonds. The summed E-state index contributed by atoms with van der Waals surface area (Å²) >= 11 is 1.50. The van der Waals surface area contributed by atoms with Crippen molar-refractivity contribution in [3.63, 3.8) is 0 Å². The molecule has 1 heterocycles. The van der Waals surface area contributed by atoms with Gasteiger partial charge in [0.2, 0.25) is 0 Å². The van der Waals surface area contributed by atoms with Gasteiger partial charge < -0.3 is 4.74 Å². The molecule has 1 aromatic heterocycles. The van der Waals surface area contributed by atoms with E-state index in [-0.39, 0.29) is 5.78 Å². The monoisotopic (exact) mass is 274 g/mol. The summed E-state index contributed by atoms with van der Waals surface area (Å²) in [4.78, 5) is 12.6. The number of benzene rings is 1. The first kappa shape index (κ1) is 13.8. The lowest BCUT2D eigenvalue weighted by molar-refractivity contribution is 0.0977. The molecule has 2 aromatic rings. The summed E-state index contributed by atoms with van der Waals surface area (Å²) in [5, 5.41) is 1.93. The molecule has 0 saturated carbocycles. The number of ether oxygens (including phenoxy) is 1. The van der Waals surface area contributed by atoms with Crippen LogP contribution < -0.4 is 4.74 Å². The van der Waals surface area contributed by atoms with Crippen LogP contribution in [0.4, 0.5) is 0 Å². The Morgan fingerprint density at radius 2 is 2.05 bits per heavy atom. The average Bonchev–Trinajstić information content (AvgIpc) is 2.92. The SMILES string of the molecule is Cc1ccc(OCCCC(=O)c2cccs2)cc1C. The van der Waals surface area contributed by atoms with Gasteiger partial charge in [0, 0.05) is 6.42 Å². The van der Waals surface area contributed by atoms with Gasteiger partial charge in [0.1, 0.15) is 5.75 Å². The molecule has 0 fully saturated rings. The molecule has 0 spiro atoms. The molecule has 0 bridgehead atoms. The van der Waals surface area contributed by atoms with E-state index >= 15 is 0 Å². The van der Waals surface area contributed by atoms with Gasteiger partial charge in [0.15, 0.2) is 5.78 Å². The standard InChI is InChI=1S/C16H18O2S/c1-12-7-8-14(11-13(12)2)18-9-3-5-15(17)16-6-4-10-19-16/h4,6-8,10-11H,3,5,9H2,1-2H3. The molecule has 100 valence electrons. The van der Waals surface area contributed by atoms with E-state index in [1.807, 2.05) is 29.6 Å². The van der Waals surface area contributed by atoms with Crippen LogP contribution in [0.1, 0.15) is 33.6 Å². The van der Waals surface area contributed by atoms with Crippen molar-refractivity contribution in [2.75, 3.05) is 6.61 Å². The van der Waals surface area contributed by atoms with Crippen molar-refractivity contribution < 1.29 is 9.53 Å². The van der Waals surface area contributed by atoms with Gasteiger partial charge in [-0.1, -0.05) is 12.1 Å². The number of Topliss-reactive ketones (excluding diaryl/α,β-unsaturated/α-hetero) is 1. The van der Waals surface area contributed by atoms with Crippen LogP contribution >= 0.6 is 11.3 Å². The predicted molar refractivity (Wildman–Crippen MR) is 79.3 cm³/mol. The first-order valence-corrected chi connectivity index (χ1v) is 7.31. The van der Waals surface area contributed by atoms with Crippen LogP contribution in [-0.2, 0) is 0 Å². The van der Waals surface area contributed by atoms with E-state index in [2.05, 4.69) is 19.9 Å². The highest BCUT2D eigenvalue weighted by Crippen LogP contribution is 2.17. The fourth-order valence-electron chi connectivity index (χ4n) is 1.79. The third-order valence-electron chi connectivity index (χ3n) is 3.09. The van der Waals surface area contributed by atoms with Crippen LogP contribution in [0.3, 0.4) is 0 Å². The normalized spacial score (nSPS) is 10.4. The Balaban J connectivity index is 1.75. The fourth-order valence-corrected chi connectivity index (χ4v) is 2.48. The Bertz CT molecular complexity index is 544. The molecule has 0 aliphatic carbocycles. The second-order valence-corrected chi connectivity index (χ2v) is 5.55. The summed E-state index contributed by atoms with van der Waals surface area (Å²) in [7, 11) is 0. The van der Waals surface area contributed by atoms with E-state index in [0.29, 0.717) is 13.0 Å². The lowest BCUT2D eigenvalue weighted by Gasteiger charge is -2.07. The van der Waals surface area contributed by atoms with E-state index in [4.69, 9.17) is 4.74 Å². The number of hydrogen-bond acceptors (Lipinski definition) is 3. The summed E-state index contributed by atoms with van der Waals surface area (Å²) in [6, 6.07) is 9.85.